The maximum absolute atomic E-state index is 12.2. The van der Waals surface area contributed by atoms with Gasteiger partial charge in [0.15, 0.2) is 0 Å². The van der Waals surface area contributed by atoms with Gasteiger partial charge in [-0.1, -0.05) is 11.6 Å². The average Bonchev–Trinajstić information content (AvgIpc) is 2.32. The van der Waals surface area contributed by atoms with Crippen LogP contribution in [0.3, 0.4) is 0 Å². The van der Waals surface area contributed by atoms with Gasteiger partial charge in [-0.05, 0) is 45.1 Å². The van der Waals surface area contributed by atoms with E-state index in [0.717, 1.165) is 25.9 Å². The van der Waals surface area contributed by atoms with Gasteiger partial charge in [0.1, 0.15) is 10.0 Å². The number of pyridine rings is 1. The molecule has 0 unspecified atom stereocenters. The molecule has 2 rings (SSSR count). The zero-order valence-corrected chi connectivity index (χ0v) is 11.7. The van der Waals surface area contributed by atoms with E-state index in [2.05, 4.69) is 14.6 Å². The molecule has 0 radical (unpaired) electrons. The van der Waals surface area contributed by atoms with Crippen molar-refractivity contribution in [1.82, 2.24) is 14.6 Å². The van der Waals surface area contributed by atoms with Gasteiger partial charge in [-0.15, -0.1) is 0 Å². The van der Waals surface area contributed by atoms with E-state index in [-0.39, 0.29) is 16.1 Å². The summed E-state index contributed by atoms with van der Waals surface area (Å²) >= 11 is 5.81. The summed E-state index contributed by atoms with van der Waals surface area (Å²) in [5, 5.41) is 0.0120. The molecule has 0 amide bonds. The lowest BCUT2D eigenvalue weighted by atomic mass is 10.1. The van der Waals surface area contributed by atoms with Crippen LogP contribution < -0.4 is 4.72 Å². The Labute approximate surface area is 112 Å². The topological polar surface area (TPSA) is 62.3 Å². The van der Waals surface area contributed by atoms with Crippen LogP contribution in [0, 0.1) is 0 Å². The Bertz CT molecular complexity index is 513. The second kappa shape index (κ2) is 5.52. The Morgan fingerprint density at radius 2 is 2.11 bits per heavy atom. The largest absolute Gasteiger partial charge is 0.306 e. The molecule has 0 spiro atoms. The second-order valence-corrected chi connectivity index (χ2v) is 6.53. The zero-order chi connectivity index (χ0) is 13.2. The monoisotopic (exact) mass is 289 g/mol. The van der Waals surface area contributed by atoms with E-state index in [9.17, 15) is 8.42 Å². The van der Waals surface area contributed by atoms with E-state index in [1.165, 1.54) is 12.3 Å². The highest BCUT2D eigenvalue weighted by Gasteiger charge is 2.25. The van der Waals surface area contributed by atoms with E-state index < -0.39 is 10.0 Å². The Hall–Kier alpha value is -0.690. The molecule has 0 atom stereocenters. The van der Waals surface area contributed by atoms with E-state index in [1.807, 2.05) is 7.05 Å². The van der Waals surface area contributed by atoms with Crippen molar-refractivity contribution in [2.75, 3.05) is 20.1 Å². The number of nitrogens with one attached hydrogen (secondary N) is 1. The van der Waals surface area contributed by atoms with Gasteiger partial charge < -0.3 is 4.90 Å². The fourth-order valence-electron chi connectivity index (χ4n) is 1.98. The SMILES string of the molecule is CN1CCC(NS(=O)(=O)c2cccnc2Cl)CC1. The smallest absolute Gasteiger partial charge is 0.243 e. The number of sulfonamides is 1. The van der Waals surface area contributed by atoms with E-state index in [4.69, 9.17) is 11.6 Å². The van der Waals surface area contributed by atoms with Crippen LogP contribution in [0.25, 0.3) is 0 Å². The van der Waals surface area contributed by atoms with Crippen LogP contribution in [0.5, 0.6) is 0 Å². The van der Waals surface area contributed by atoms with Crippen molar-refractivity contribution in [3.8, 4) is 0 Å². The molecule has 1 N–H and O–H groups in total. The molecule has 0 saturated carbocycles. The maximum atomic E-state index is 12.2. The van der Waals surface area contributed by atoms with Gasteiger partial charge in [0.05, 0.1) is 0 Å². The molecule has 0 aliphatic carbocycles. The molecule has 1 fully saturated rings. The van der Waals surface area contributed by atoms with Gasteiger partial charge in [0.2, 0.25) is 10.0 Å². The summed E-state index contributed by atoms with van der Waals surface area (Å²) in [6, 6.07) is 3.00. The molecule has 1 aromatic rings. The highest BCUT2D eigenvalue weighted by Crippen LogP contribution is 2.19. The van der Waals surface area contributed by atoms with Crippen LogP contribution in [0.4, 0.5) is 0 Å². The van der Waals surface area contributed by atoms with Crippen molar-refractivity contribution < 1.29 is 8.42 Å². The predicted molar refractivity (Wildman–Crippen MR) is 70.1 cm³/mol. The molecular formula is C11H16ClN3O2S. The number of hydrogen-bond acceptors (Lipinski definition) is 4. The van der Waals surface area contributed by atoms with Crippen molar-refractivity contribution in [3.05, 3.63) is 23.5 Å². The van der Waals surface area contributed by atoms with Crippen molar-refractivity contribution in [2.45, 2.75) is 23.8 Å². The standard InChI is InChI=1S/C11H16ClN3O2S/c1-15-7-4-9(5-8-15)14-18(16,17)10-3-2-6-13-11(10)12/h2-3,6,9,14H,4-5,7-8H2,1H3. The minimum atomic E-state index is -3.57. The summed E-state index contributed by atoms with van der Waals surface area (Å²) in [4.78, 5) is 6.02. The molecule has 1 aliphatic rings. The van der Waals surface area contributed by atoms with Gasteiger partial charge in [0.25, 0.3) is 0 Å². The lowest BCUT2D eigenvalue weighted by molar-refractivity contribution is 0.248. The van der Waals surface area contributed by atoms with Crippen molar-refractivity contribution in [3.63, 3.8) is 0 Å². The average molecular weight is 290 g/mol. The molecule has 0 aromatic carbocycles. The van der Waals surface area contributed by atoms with Crippen molar-refractivity contribution in [2.24, 2.45) is 0 Å². The van der Waals surface area contributed by atoms with E-state index in [0.29, 0.717) is 0 Å². The first-order valence-electron chi connectivity index (χ1n) is 5.80. The summed E-state index contributed by atoms with van der Waals surface area (Å²) in [5.74, 6) is 0. The first-order chi connectivity index (χ1) is 8.49. The molecule has 5 nitrogen and oxygen atoms in total. The van der Waals surface area contributed by atoms with Crippen LogP contribution in [0.2, 0.25) is 5.15 Å². The van der Waals surface area contributed by atoms with E-state index in [1.54, 1.807) is 6.07 Å². The molecule has 7 heteroatoms. The fraction of sp³-hybridized carbons (Fsp3) is 0.545. The minimum Gasteiger partial charge on any atom is -0.306 e. The zero-order valence-electron chi connectivity index (χ0n) is 10.1. The number of hydrogen-bond donors (Lipinski definition) is 1. The summed E-state index contributed by atoms with van der Waals surface area (Å²) < 4.78 is 27.0. The van der Waals surface area contributed by atoms with Crippen LogP contribution in [0.1, 0.15) is 12.8 Å². The predicted octanol–water partition coefficient (Wildman–Crippen LogP) is 1.11. The van der Waals surface area contributed by atoms with Gasteiger partial charge in [-0.2, -0.15) is 0 Å². The quantitative estimate of drug-likeness (QED) is 0.847. The van der Waals surface area contributed by atoms with Crippen LogP contribution in [0.15, 0.2) is 23.2 Å². The number of likely N-dealkylation sites (tertiary alicyclic amines) is 1. The van der Waals surface area contributed by atoms with Crippen molar-refractivity contribution in [1.29, 1.82) is 0 Å². The first-order valence-corrected chi connectivity index (χ1v) is 7.66. The fourth-order valence-corrected chi connectivity index (χ4v) is 3.74. The van der Waals surface area contributed by atoms with Crippen molar-refractivity contribution >= 4 is 21.6 Å². The Morgan fingerprint density at radius 3 is 2.72 bits per heavy atom. The number of halogens is 1. The number of rotatable bonds is 3. The molecule has 2 heterocycles. The van der Waals surface area contributed by atoms with E-state index >= 15 is 0 Å². The molecule has 1 aromatic heterocycles. The van der Waals surface area contributed by atoms with Crippen LogP contribution >= 0.6 is 11.6 Å². The first kappa shape index (κ1) is 13.7. The summed E-state index contributed by atoms with van der Waals surface area (Å²) in [7, 11) is -1.54. The van der Waals surface area contributed by atoms with Gasteiger partial charge >= 0.3 is 0 Å². The molecular weight excluding hydrogens is 274 g/mol. The number of nitrogens with zero attached hydrogens (tertiary/aromatic N) is 2. The molecule has 18 heavy (non-hydrogen) atoms. The number of aromatic nitrogens is 1. The third-order valence-corrected chi connectivity index (χ3v) is 5.02. The third-order valence-electron chi connectivity index (χ3n) is 3.05. The number of piperidine rings is 1. The molecule has 1 aliphatic heterocycles. The highest BCUT2D eigenvalue weighted by molar-refractivity contribution is 7.89. The Kier molecular flexibility index (Phi) is 4.21. The van der Waals surface area contributed by atoms with Gasteiger partial charge in [-0.3, -0.25) is 0 Å². The molecule has 0 bridgehead atoms. The minimum absolute atomic E-state index is 0.0120. The Balaban J connectivity index is 2.11. The third kappa shape index (κ3) is 3.20. The van der Waals surface area contributed by atoms with Gasteiger partial charge in [-0.25, -0.2) is 18.1 Å². The molecule has 1 saturated heterocycles. The maximum Gasteiger partial charge on any atom is 0.243 e. The summed E-state index contributed by atoms with van der Waals surface area (Å²) in [6.07, 6.45) is 3.10. The van der Waals surface area contributed by atoms with Gasteiger partial charge in [0, 0.05) is 12.2 Å². The molecule has 100 valence electrons. The lowest BCUT2D eigenvalue weighted by Crippen LogP contribution is -2.43. The lowest BCUT2D eigenvalue weighted by Gasteiger charge is -2.29. The second-order valence-electron chi connectivity index (χ2n) is 4.49. The highest BCUT2D eigenvalue weighted by atomic mass is 35.5. The summed E-state index contributed by atoms with van der Waals surface area (Å²) in [6.45, 7) is 1.79. The summed E-state index contributed by atoms with van der Waals surface area (Å²) in [5.41, 5.74) is 0. The van der Waals surface area contributed by atoms with Crippen LogP contribution in [-0.4, -0.2) is 44.5 Å². The normalized spacial score (nSPS) is 19.0. The van der Waals surface area contributed by atoms with Crippen LogP contribution in [-0.2, 0) is 10.0 Å². The Morgan fingerprint density at radius 1 is 1.44 bits per heavy atom.